The number of fused-ring (bicyclic) bond motifs is 1. The first kappa shape index (κ1) is 14.5. The first-order chi connectivity index (χ1) is 10.5. The normalized spacial score (nSPS) is 10.8. The fraction of sp³-hybridized carbons (Fsp3) is 0.0909. The van der Waals surface area contributed by atoms with E-state index < -0.39 is 16.8 Å². The molecule has 2 aromatic heterocycles. The van der Waals surface area contributed by atoms with Crippen LogP contribution in [0.4, 0.5) is 11.1 Å². The van der Waals surface area contributed by atoms with Gasteiger partial charge in [-0.05, 0) is 23.1 Å². The molecule has 0 atom stereocenters. The minimum atomic E-state index is -0.722. The Hall–Kier alpha value is -2.40. The Morgan fingerprint density at radius 2 is 2.32 bits per heavy atom. The molecule has 0 aliphatic rings. The molecular formula is C11H7BrN6O3S. The van der Waals surface area contributed by atoms with Crippen LogP contribution >= 0.6 is 27.3 Å². The summed E-state index contributed by atoms with van der Waals surface area (Å²) in [6.45, 7) is -0.180. The molecule has 0 fully saturated rings. The van der Waals surface area contributed by atoms with Gasteiger partial charge in [-0.25, -0.2) is 4.98 Å². The zero-order valence-electron chi connectivity index (χ0n) is 10.8. The number of nitrogens with zero attached hydrogens (tertiary/aromatic N) is 5. The summed E-state index contributed by atoms with van der Waals surface area (Å²) in [5.74, 6) is -0.935. The molecule has 0 bridgehead atoms. The number of hydrogen-bond donors (Lipinski definition) is 1. The van der Waals surface area contributed by atoms with Gasteiger partial charge in [0.25, 0.3) is 0 Å². The highest BCUT2D eigenvalue weighted by molar-refractivity contribution is 9.10. The highest BCUT2D eigenvalue weighted by atomic mass is 79.9. The number of thiazole rings is 1. The first-order valence-corrected chi connectivity index (χ1v) is 7.52. The Morgan fingerprint density at radius 1 is 1.50 bits per heavy atom. The Labute approximate surface area is 135 Å². The van der Waals surface area contributed by atoms with Crippen molar-refractivity contribution in [3.63, 3.8) is 0 Å². The summed E-state index contributed by atoms with van der Waals surface area (Å²) in [5, 5.41) is 17.1. The van der Waals surface area contributed by atoms with E-state index in [0.29, 0.717) is 5.13 Å². The molecule has 0 radical (unpaired) electrons. The number of carbonyl (C=O) groups is 1. The number of carbonyl (C=O) groups excluding carboxylic acids is 1. The number of aromatic nitrogens is 4. The van der Waals surface area contributed by atoms with Crippen LogP contribution in [-0.4, -0.2) is 30.6 Å². The van der Waals surface area contributed by atoms with E-state index >= 15 is 0 Å². The molecule has 1 aromatic carbocycles. The van der Waals surface area contributed by atoms with Crippen LogP contribution in [0.2, 0.25) is 0 Å². The summed E-state index contributed by atoms with van der Waals surface area (Å²) in [6, 6.07) is 5.61. The predicted octanol–water partition coefficient (Wildman–Crippen LogP) is 2.20. The summed E-state index contributed by atoms with van der Waals surface area (Å²) in [6.07, 6.45) is 1.13. The standard InChI is InChI=1S/C11H7BrN6O3S/c12-6-1-2-7-8(3-6)22-11(14-7)15-9(19)4-17-5-13-10(16-17)18(20)21/h1-3,5H,4H2,(H,14,15,19). The van der Waals surface area contributed by atoms with Crippen molar-refractivity contribution in [2.24, 2.45) is 0 Å². The van der Waals surface area contributed by atoms with Crippen LogP contribution in [0.25, 0.3) is 10.2 Å². The summed E-state index contributed by atoms with van der Waals surface area (Å²) >= 11 is 4.70. The number of nitrogens with one attached hydrogen (secondary N) is 1. The molecule has 0 aliphatic carbocycles. The van der Waals surface area contributed by atoms with Gasteiger partial charge < -0.3 is 15.4 Å². The summed E-state index contributed by atoms with van der Waals surface area (Å²) in [4.78, 5) is 29.4. The number of halogens is 1. The van der Waals surface area contributed by atoms with Crippen LogP contribution in [0.1, 0.15) is 0 Å². The molecule has 0 aliphatic heterocycles. The first-order valence-electron chi connectivity index (χ1n) is 5.91. The van der Waals surface area contributed by atoms with Crippen molar-refractivity contribution < 1.29 is 9.72 Å². The predicted molar refractivity (Wildman–Crippen MR) is 82.6 cm³/mol. The average molecular weight is 383 g/mol. The van der Waals surface area contributed by atoms with E-state index in [4.69, 9.17) is 0 Å². The fourth-order valence-electron chi connectivity index (χ4n) is 1.70. The van der Waals surface area contributed by atoms with Gasteiger partial charge in [0.15, 0.2) is 5.13 Å². The lowest BCUT2D eigenvalue weighted by Gasteiger charge is -1.98. The lowest BCUT2D eigenvalue weighted by Crippen LogP contribution is -2.19. The minimum Gasteiger partial charge on any atom is -0.390 e. The monoisotopic (exact) mass is 382 g/mol. The lowest BCUT2D eigenvalue weighted by atomic mass is 10.3. The molecule has 112 valence electrons. The van der Waals surface area contributed by atoms with Gasteiger partial charge in [0, 0.05) is 9.57 Å². The van der Waals surface area contributed by atoms with Crippen LogP contribution in [0, 0.1) is 10.1 Å². The van der Waals surface area contributed by atoms with Crippen molar-refractivity contribution in [3.8, 4) is 0 Å². The van der Waals surface area contributed by atoms with Gasteiger partial charge in [0.05, 0.1) is 10.2 Å². The van der Waals surface area contributed by atoms with E-state index in [0.717, 1.165) is 25.7 Å². The second-order valence-corrected chi connectivity index (χ2v) is 6.12. The molecule has 11 heteroatoms. The van der Waals surface area contributed by atoms with Crippen LogP contribution in [0.5, 0.6) is 0 Å². The lowest BCUT2D eigenvalue weighted by molar-refractivity contribution is -0.394. The Kier molecular flexibility index (Phi) is 3.81. The van der Waals surface area contributed by atoms with Gasteiger partial charge in [-0.2, -0.15) is 4.68 Å². The Morgan fingerprint density at radius 3 is 3.05 bits per heavy atom. The van der Waals surface area contributed by atoms with Gasteiger partial charge in [0.1, 0.15) is 6.54 Å². The quantitative estimate of drug-likeness (QED) is 0.546. The van der Waals surface area contributed by atoms with Crippen LogP contribution in [0.3, 0.4) is 0 Å². The van der Waals surface area contributed by atoms with Crippen LogP contribution in [-0.2, 0) is 11.3 Å². The van der Waals surface area contributed by atoms with E-state index in [1.54, 1.807) is 0 Å². The third-order valence-corrected chi connectivity index (χ3v) is 4.02. The summed E-state index contributed by atoms with van der Waals surface area (Å²) < 4.78 is 2.95. The largest absolute Gasteiger partial charge is 0.490 e. The Bertz CT molecular complexity index is 876. The third-order valence-electron chi connectivity index (χ3n) is 2.59. The van der Waals surface area contributed by atoms with Crippen molar-refractivity contribution in [2.45, 2.75) is 6.54 Å². The molecule has 3 rings (SSSR count). The Balaban J connectivity index is 1.70. The number of amides is 1. The van der Waals surface area contributed by atoms with Crippen molar-refractivity contribution >= 4 is 54.5 Å². The summed E-state index contributed by atoms with van der Waals surface area (Å²) in [7, 11) is 0. The SMILES string of the molecule is O=C(Cn1cnc([N+](=O)[O-])n1)Nc1nc2ccc(Br)cc2s1. The molecule has 1 N–H and O–H groups in total. The second kappa shape index (κ2) is 5.77. The molecule has 2 heterocycles. The molecule has 0 saturated carbocycles. The van der Waals surface area contributed by atoms with Gasteiger partial charge >= 0.3 is 5.95 Å². The zero-order valence-corrected chi connectivity index (χ0v) is 13.2. The molecule has 1 amide bonds. The van der Waals surface area contributed by atoms with E-state index in [1.165, 1.54) is 11.3 Å². The highest BCUT2D eigenvalue weighted by Crippen LogP contribution is 2.28. The maximum atomic E-state index is 11.9. The molecule has 0 saturated heterocycles. The minimum absolute atomic E-state index is 0.180. The zero-order chi connectivity index (χ0) is 15.7. The van der Waals surface area contributed by atoms with E-state index in [1.807, 2.05) is 18.2 Å². The van der Waals surface area contributed by atoms with Gasteiger partial charge in [-0.1, -0.05) is 32.3 Å². The van der Waals surface area contributed by atoms with Gasteiger partial charge in [-0.15, -0.1) is 0 Å². The van der Waals surface area contributed by atoms with Crippen molar-refractivity contribution in [1.29, 1.82) is 0 Å². The number of nitro groups is 1. The molecule has 0 unspecified atom stereocenters. The molecule has 0 spiro atoms. The highest BCUT2D eigenvalue weighted by Gasteiger charge is 2.16. The maximum absolute atomic E-state index is 11.9. The van der Waals surface area contributed by atoms with Crippen LogP contribution in [0.15, 0.2) is 29.0 Å². The van der Waals surface area contributed by atoms with Crippen molar-refractivity contribution in [2.75, 3.05) is 5.32 Å². The fourth-order valence-corrected chi connectivity index (χ4v) is 3.14. The molecule has 3 aromatic rings. The van der Waals surface area contributed by atoms with Crippen molar-refractivity contribution in [1.82, 2.24) is 19.7 Å². The maximum Gasteiger partial charge on any atom is 0.490 e. The van der Waals surface area contributed by atoms with E-state index in [2.05, 4.69) is 36.3 Å². The molecular weight excluding hydrogens is 376 g/mol. The third kappa shape index (κ3) is 3.09. The van der Waals surface area contributed by atoms with E-state index in [9.17, 15) is 14.9 Å². The molecule has 9 nitrogen and oxygen atoms in total. The number of hydrogen-bond acceptors (Lipinski definition) is 7. The van der Waals surface area contributed by atoms with Crippen molar-refractivity contribution in [3.05, 3.63) is 39.1 Å². The van der Waals surface area contributed by atoms with E-state index in [-0.39, 0.29) is 6.54 Å². The van der Waals surface area contributed by atoms with Gasteiger partial charge in [-0.3, -0.25) is 4.79 Å². The number of rotatable bonds is 4. The number of anilines is 1. The molecule has 22 heavy (non-hydrogen) atoms. The smallest absolute Gasteiger partial charge is 0.390 e. The van der Waals surface area contributed by atoms with Crippen LogP contribution < -0.4 is 5.32 Å². The average Bonchev–Trinajstić information content (AvgIpc) is 3.04. The topological polar surface area (TPSA) is 116 Å². The second-order valence-electron chi connectivity index (χ2n) is 4.18. The summed E-state index contributed by atoms with van der Waals surface area (Å²) in [5.41, 5.74) is 0.778. The van der Waals surface area contributed by atoms with Gasteiger partial charge in [0.2, 0.25) is 12.2 Å². The number of benzene rings is 1.